The van der Waals surface area contributed by atoms with Crippen LogP contribution in [0.1, 0.15) is 109 Å². The molecule has 0 aliphatic heterocycles. The van der Waals surface area contributed by atoms with Crippen molar-refractivity contribution < 1.29 is 29.3 Å². The fourth-order valence-corrected chi connectivity index (χ4v) is 5.97. The molecule has 0 heterocycles. The summed E-state index contributed by atoms with van der Waals surface area (Å²) in [6.07, 6.45) is 6.01. The summed E-state index contributed by atoms with van der Waals surface area (Å²) in [4.78, 5) is 36.2. The maximum atomic E-state index is 12.8. The van der Waals surface area contributed by atoms with Gasteiger partial charge in [-0.25, -0.2) is 0 Å². The number of aliphatic carboxylic acids is 1. The Hall–Kier alpha value is -2.37. The van der Waals surface area contributed by atoms with Crippen molar-refractivity contribution in [2.45, 2.75) is 104 Å². The number of hydrogen-bond donors (Lipinski definition) is 2. The summed E-state index contributed by atoms with van der Waals surface area (Å²) in [5, 5.41) is 20.2. The number of benzene rings is 1. The van der Waals surface area contributed by atoms with Crippen LogP contribution in [-0.2, 0) is 19.8 Å². The van der Waals surface area contributed by atoms with Gasteiger partial charge in [0.05, 0.1) is 12.8 Å². The van der Waals surface area contributed by atoms with E-state index in [2.05, 4.69) is 34.6 Å². The first-order valence-electron chi connectivity index (χ1n) is 12.7. The third-order valence-corrected chi connectivity index (χ3v) is 8.33. The van der Waals surface area contributed by atoms with Crippen LogP contribution in [0.15, 0.2) is 12.1 Å². The smallest absolute Gasteiger partial charge is 0.311 e. The molecule has 1 aromatic rings. The quantitative estimate of drug-likeness (QED) is 0.228. The Morgan fingerprint density at radius 1 is 1.15 bits per heavy atom. The van der Waals surface area contributed by atoms with E-state index in [1.807, 2.05) is 6.07 Å². The number of phenols is 1. The third-order valence-electron chi connectivity index (χ3n) is 8.33. The monoisotopic (exact) mass is 472 g/mol. The van der Waals surface area contributed by atoms with Gasteiger partial charge in [-0.05, 0) is 47.3 Å². The lowest BCUT2D eigenvalue weighted by molar-refractivity contribution is -0.151. The molecule has 0 aromatic heterocycles. The SMILES string of the molecule is CCCCCCC(C)(C)c1cc(O)c([C@H]2CC(=O)C3CC2C3(C)C)c(OC(=O)CCC(=O)O)c1. The summed E-state index contributed by atoms with van der Waals surface area (Å²) in [6, 6.07) is 3.60. The standard InChI is InChI=1S/C28H40O6/c1-6-7-8-9-12-27(2,3)17-13-22(30)26(23(14-17)34-25(33)11-10-24(31)32)18-15-21(29)20-16-19(18)28(20,4)5/h13-14,18-20,30H,6-12,15-16H2,1-5H3,(H,31,32)/t18-,19?,20?/m0/s1. The van der Waals surface area contributed by atoms with Gasteiger partial charge in [-0.1, -0.05) is 60.3 Å². The Morgan fingerprint density at radius 2 is 1.85 bits per heavy atom. The summed E-state index contributed by atoms with van der Waals surface area (Å²) < 4.78 is 5.70. The molecule has 6 nitrogen and oxygen atoms in total. The highest BCUT2D eigenvalue weighted by Gasteiger charge is 2.59. The molecule has 3 saturated carbocycles. The van der Waals surface area contributed by atoms with Crippen molar-refractivity contribution in [2.24, 2.45) is 17.3 Å². The van der Waals surface area contributed by atoms with E-state index in [9.17, 15) is 19.5 Å². The van der Waals surface area contributed by atoms with E-state index in [1.165, 1.54) is 6.42 Å². The van der Waals surface area contributed by atoms with Gasteiger partial charge in [-0.2, -0.15) is 0 Å². The molecule has 6 heteroatoms. The first-order valence-corrected chi connectivity index (χ1v) is 12.7. The number of carboxylic acids is 1. The first-order chi connectivity index (χ1) is 15.9. The van der Waals surface area contributed by atoms with Gasteiger partial charge in [0.2, 0.25) is 0 Å². The highest BCUT2D eigenvalue weighted by atomic mass is 16.5. The normalized spacial score (nSPS) is 23.3. The maximum Gasteiger partial charge on any atom is 0.311 e. The minimum absolute atomic E-state index is 0.0544. The molecule has 0 spiro atoms. The van der Waals surface area contributed by atoms with E-state index < -0.39 is 11.9 Å². The molecule has 3 aliphatic carbocycles. The minimum atomic E-state index is -1.07. The van der Waals surface area contributed by atoms with Gasteiger partial charge in [0.25, 0.3) is 0 Å². The number of carboxylic acid groups (broad SMARTS) is 1. The Morgan fingerprint density at radius 3 is 2.44 bits per heavy atom. The first kappa shape index (κ1) is 26.2. The molecule has 0 amide bonds. The van der Waals surface area contributed by atoms with Gasteiger partial charge in [-0.15, -0.1) is 0 Å². The number of carbonyl (C=O) groups is 3. The lowest BCUT2D eigenvalue weighted by Gasteiger charge is -2.59. The van der Waals surface area contributed by atoms with Crippen molar-refractivity contribution in [3.8, 4) is 11.5 Å². The van der Waals surface area contributed by atoms with Crippen molar-refractivity contribution in [1.82, 2.24) is 0 Å². The molecule has 3 atom stereocenters. The molecule has 3 aliphatic rings. The summed E-state index contributed by atoms with van der Waals surface area (Å²) in [7, 11) is 0. The maximum absolute atomic E-state index is 12.8. The lowest BCUT2D eigenvalue weighted by atomic mass is 9.44. The molecule has 2 unspecified atom stereocenters. The Kier molecular flexibility index (Phi) is 7.79. The molecule has 2 N–H and O–H groups in total. The lowest BCUT2D eigenvalue weighted by Crippen LogP contribution is -2.56. The zero-order valence-corrected chi connectivity index (χ0v) is 21.3. The number of carbonyl (C=O) groups excluding carboxylic acids is 2. The van der Waals surface area contributed by atoms with Gasteiger partial charge in [-0.3, -0.25) is 14.4 Å². The molecule has 34 heavy (non-hydrogen) atoms. The van der Waals surface area contributed by atoms with E-state index >= 15 is 0 Å². The summed E-state index contributed by atoms with van der Waals surface area (Å²) in [5.41, 5.74) is 0.988. The number of ether oxygens (including phenoxy) is 1. The Bertz CT molecular complexity index is 944. The summed E-state index contributed by atoms with van der Waals surface area (Å²) in [5.74, 6) is -1.15. The van der Waals surface area contributed by atoms with Gasteiger partial charge >= 0.3 is 11.9 Å². The van der Waals surface area contributed by atoms with Crippen LogP contribution >= 0.6 is 0 Å². The van der Waals surface area contributed by atoms with Crippen molar-refractivity contribution in [3.63, 3.8) is 0 Å². The van der Waals surface area contributed by atoms with Crippen LogP contribution < -0.4 is 4.74 Å². The van der Waals surface area contributed by atoms with Crippen LogP contribution in [0.25, 0.3) is 0 Å². The van der Waals surface area contributed by atoms with Gasteiger partial charge in [0, 0.05) is 23.8 Å². The summed E-state index contributed by atoms with van der Waals surface area (Å²) >= 11 is 0. The zero-order valence-electron chi connectivity index (χ0n) is 21.3. The van der Waals surface area contributed by atoms with Crippen LogP contribution in [-0.4, -0.2) is 27.9 Å². The number of fused-ring (bicyclic) bond motifs is 2. The number of rotatable bonds is 11. The molecule has 1 aromatic carbocycles. The molecule has 0 saturated heterocycles. The highest BCUT2D eigenvalue weighted by Crippen LogP contribution is 2.64. The highest BCUT2D eigenvalue weighted by molar-refractivity contribution is 5.86. The van der Waals surface area contributed by atoms with Crippen LogP contribution in [0.3, 0.4) is 0 Å². The fourth-order valence-electron chi connectivity index (χ4n) is 5.97. The molecule has 2 bridgehead atoms. The van der Waals surface area contributed by atoms with Crippen LogP contribution in [0.4, 0.5) is 0 Å². The molecular formula is C28H40O6. The van der Waals surface area contributed by atoms with E-state index in [0.29, 0.717) is 12.0 Å². The van der Waals surface area contributed by atoms with Crippen molar-refractivity contribution in [2.75, 3.05) is 0 Å². The minimum Gasteiger partial charge on any atom is -0.508 e. The van der Waals surface area contributed by atoms with Crippen molar-refractivity contribution >= 4 is 17.7 Å². The third kappa shape index (κ3) is 5.31. The molecular weight excluding hydrogens is 432 g/mol. The predicted molar refractivity (Wildman–Crippen MR) is 130 cm³/mol. The largest absolute Gasteiger partial charge is 0.508 e. The average Bonchev–Trinajstić information content (AvgIpc) is 2.74. The second-order valence-electron chi connectivity index (χ2n) is 11.5. The van der Waals surface area contributed by atoms with E-state index in [-0.39, 0.29) is 58.7 Å². The zero-order chi connectivity index (χ0) is 25.3. The Labute approximate surface area is 203 Å². The predicted octanol–water partition coefficient (Wildman–Crippen LogP) is 6.13. The molecule has 4 rings (SSSR count). The molecule has 0 radical (unpaired) electrons. The van der Waals surface area contributed by atoms with E-state index in [4.69, 9.17) is 9.84 Å². The van der Waals surface area contributed by atoms with Crippen LogP contribution in [0.2, 0.25) is 0 Å². The van der Waals surface area contributed by atoms with Gasteiger partial charge in [0.1, 0.15) is 17.3 Å². The topological polar surface area (TPSA) is 101 Å². The number of hydrogen-bond acceptors (Lipinski definition) is 5. The van der Waals surface area contributed by atoms with Crippen LogP contribution in [0.5, 0.6) is 11.5 Å². The van der Waals surface area contributed by atoms with E-state index in [1.54, 1.807) is 6.07 Å². The number of phenolic OH excluding ortho intramolecular Hbond substituents is 1. The van der Waals surface area contributed by atoms with Crippen molar-refractivity contribution in [3.05, 3.63) is 23.3 Å². The average molecular weight is 473 g/mol. The van der Waals surface area contributed by atoms with Gasteiger partial charge in [0.15, 0.2) is 0 Å². The fraction of sp³-hybridized carbons (Fsp3) is 0.679. The van der Waals surface area contributed by atoms with Crippen molar-refractivity contribution in [1.29, 1.82) is 0 Å². The summed E-state index contributed by atoms with van der Waals surface area (Å²) in [6.45, 7) is 10.6. The number of ketones is 1. The van der Waals surface area contributed by atoms with E-state index in [0.717, 1.165) is 37.7 Å². The van der Waals surface area contributed by atoms with Gasteiger partial charge < -0.3 is 14.9 Å². The number of aromatic hydroxyl groups is 1. The van der Waals surface area contributed by atoms with Crippen LogP contribution in [0, 0.1) is 17.3 Å². The number of unbranched alkanes of at least 4 members (excludes halogenated alkanes) is 3. The second kappa shape index (κ2) is 10.1. The second-order valence-corrected chi connectivity index (χ2v) is 11.5. The molecule has 3 fully saturated rings. The Balaban J connectivity index is 1.96. The number of esters is 1. The molecule has 188 valence electrons. The number of Topliss-reactive ketones (excluding diaryl/α,β-unsaturated/α-hetero) is 1.